The molecule has 130 valence electrons. The molecule has 0 radical (unpaired) electrons. The smallest absolute Gasteiger partial charge is 0.407 e. The Morgan fingerprint density at radius 3 is 2.32 bits per heavy atom. The third-order valence-corrected chi connectivity index (χ3v) is 5.54. The van der Waals surface area contributed by atoms with Gasteiger partial charge in [0.05, 0.1) is 0 Å². The summed E-state index contributed by atoms with van der Waals surface area (Å²) in [5.41, 5.74) is 4.88. The van der Waals surface area contributed by atoms with Gasteiger partial charge in [-0.25, -0.2) is 4.79 Å². The lowest BCUT2D eigenvalue weighted by molar-refractivity contribution is 0.131. The number of nitrogens with one attached hydrogen (secondary N) is 1. The molecule has 4 heteroatoms. The zero-order valence-corrected chi connectivity index (χ0v) is 14.2. The minimum absolute atomic E-state index is 0.0284. The van der Waals surface area contributed by atoms with E-state index in [1.54, 1.807) is 0 Å². The summed E-state index contributed by atoms with van der Waals surface area (Å²) in [7, 11) is 0. The highest BCUT2D eigenvalue weighted by molar-refractivity contribution is 5.79. The van der Waals surface area contributed by atoms with Gasteiger partial charge in [0.1, 0.15) is 6.61 Å². The largest absolute Gasteiger partial charge is 0.449 e. The number of fused-ring (bicyclic) bond motifs is 3. The first kappa shape index (κ1) is 16.2. The lowest BCUT2D eigenvalue weighted by atomic mass is 9.98. The van der Waals surface area contributed by atoms with Crippen molar-refractivity contribution in [3.63, 3.8) is 0 Å². The molecule has 0 spiro atoms. The molecule has 1 amide bonds. The van der Waals surface area contributed by atoms with E-state index in [-0.39, 0.29) is 30.6 Å². The fraction of sp³-hybridized carbons (Fsp3) is 0.381. The molecular formula is C21H23NO3. The van der Waals surface area contributed by atoms with Gasteiger partial charge in [-0.05, 0) is 35.1 Å². The van der Waals surface area contributed by atoms with Gasteiger partial charge in [-0.2, -0.15) is 0 Å². The van der Waals surface area contributed by atoms with Gasteiger partial charge in [-0.1, -0.05) is 55.0 Å². The zero-order chi connectivity index (χ0) is 17.2. The fourth-order valence-corrected chi connectivity index (χ4v) is 4.24. The van der Waals surface area contributed by atoms with Crippen LogP contribution >= 0.6 is 0 Å². The predicted molar refractivity (Wildman–Crippen MR) is 96.4 cm³/mol. The normalized spacial score (nSPS) is 21.6. The third-order valence-electron chi connectivity index (χ3n) is 5.54. The van der Waals surface area contributed by atoms with E-state index in [1.807, 2.05) is 24.3 Å². The Morgan fingerprint density at radius 1 is 1.04 bits per heavy atom. The van der Waals surface area contributed by atoms with E-state index >= 15 is 0 Å². The number of carbonyl (C=O) groups is 1. The van der Waals surface area contributed by atoms with E-state index in [4.69, 9.17) is 4.74 Å². The average molecular weight is 337 g/mol. The lowest BCUT2D eigenvalue weighted by Crippen LogP contribution is -2.39. The molecule has 0 heterocycles. The van der Waals surface area contributed by atoms with E-state index in [9.17, 15) is 9.90 Å². The van der Waals surface area contributed by atoms with Crippen LogP contribution in [0.4, 0.5) is 4.79 Å². The summed E-state index contributed by atoms with van der Waals surface area (Å²) in [5, 5.41) is 12.3. The van der Waals surface area contributed by atoms with Crippen LogP contribution < -0.4 is 5.32 Å². The molecular weight excluding hydrogens is 314 g/mol. The van der Waals surface area contributed by atoms with E-state index in [0.717, 1.165) is 19.3 Å². The fourth-order valence-electron chi connectivity index (χ4n) is 4.24. The first-order valence-electron chi connectivity index (χ1n) is 9.00. The molecule has 0 aromatic heterocycles. The SMILES string of the molecule is O=C(NC1CCCC1CO)OCC1c2ccccc2-c2ccccc21. The number of aliphatic hydroxyl groups excluding tert-OH is 1. The molecule has 2 aromatic carbocycles. The number of rotatable bonds is 4. The molecule has 0 saturated heterocycles. The van der Waals surface area contributed by atoms with Gasteiger partial charge in [-0.15, -0.1) is 0 Å². The second kappa shape index (κ2) is 6.89. The van der Waals surface area contributed by atoms with Crippen molar-refractivity contribution in [2.45, 2.75) is 31.2 Å². The molecule has 2 atom stereocenters. The summed E-state index contributed by atoms with van der Waals surface area (Å²) in [4.78, 5) is 12.2. The Bertz CT molecular complexity index is 728. The van der Waals surface area contributed by atoms with E-state index in [2.05, 4.69) is 29.6 Å². The number of hydrogen-bond acceptors (Lipinski definition) is 3. The highest BCUT2D eigenvalue weighted by Gasteiger charge is 2.31. The van der Waals surface area contributed by atoms with E-state index in [0.29, 0.717) is 6.61 Å². The quantitative estimate of drug-likeness (QED) is 0.895. The minimum Gasteiger partial charge on any atom is -0.449 e. The van der Waals surface area contributed by atoms with Crippen molar-refractivity contribution in [3.05, 3.63) is 59.7 Å². The molecule has 4 rings (SSSR count). The molecule has 2 N–H and O–H groups in total. The number of aliphatic hydroxyl groups is 1. The predicted octanol–water partition coefficient (Wildman–Crippen LogP) is 3.69. The van der Waals surface area contributed by atoms with Crippen molar-refractivity contribution in [3.8, 4) is 11.1 Å². The molecule has 2 unspecified atom stereocenters. The third kappa shape index (κ3) is 3.02. The van der Waals surface area contributed by atoms with Crippen LogP contribution in [-0.2, 0) is 4.74 Å². The summed E-state index contributed by atoms with van der Waals surface area (Å²) in [6.45, 7) is 0.449. The van der Waals surface area contributed by atoms with Crippen LogP contribution in [0.25, 0.3) is 11.1 Å². The lowest BCUT2D eigenvalue weighted by Gasteiger charge is -2.20. The second-order valence-corrected chi connectivity index (χ2v) is 6.95. The van der Waals surface area contributed by atoms with Crippen LogP contribution in [0.1, 0.15) is 36.3 Å². The molecule has 2 aromatic rings. The van der Waals surface area contributed by atoms with Crippen molar-refractivity contribution in [2.24, 2.45) is 5.92 Å². The molecule has 4 nitrogen and oxygen atoms in total. The highest BCUT2D eigenvalue weighted by atomic mass is 16.5. The average Bonchev–Trinajstić information content (AvgIpc) is 3.22. The molecule has 1 fully saturated rings. The summed E-state index contributed by atoms with van der Waals surface area (Å²) in [6.07, 6.45) is 2.53. The van der Waals surface area contributed by atoms with Gasteiger partial charge in [0.25, 0.3) is 0 Å². The van der Waals surface area contributed by atoms with Gasteiger partial charge in [-0.3, -0.25) is 0 Å². The van der Waals surface area contributed by atoms with E-state index in [1.165, 1.54) is 22.3 Å². The minimum atomic E-state index is -0.382. The van der Waals surface area contributed by atoms with Crippen LogP contribution in [0.15, 0.2) is 48.5 Å². The van der Waals surface area contributed by atoms with Crippen molar-refractivity contribution >= 4 is 6.09 Å². The standard InChI is InChI=1S/C21H23NO3/c23-12-14-6-5-11-20(14)22-21(24)25-13-19-17-9-3-1-7-15(17)16-8-2-4-10-18(16)19/h1-4,7-10,14,19-20,23H,5-6,11-13H2,(H,22,24). The summed E-state index contributed by atoms with van der Waals surface area (Å²) in [5.74, 6) is 0.232. The number of hydrogen-bond donors (Lipinski definition) is 2. The van der Waals surface area contributed by atoms with Crippen LogP contribution in [0.3, 0.4) is 0 Å². The first-order valence-corrected chi connectivity index (χ1v) is 9.00. The van der Waals surface area contributed by atoms with Gasteiger partial charge in [0.15, 0.2) is 0 Å². The Hall–Kier alpha value is -2.33. The molecule has 25 heavy (non-hydrogen) atoms. The van der Waals surface area contributed by atoms with E-state index < -0.39 is 0 Å². The molecule has 2 aliphatic rings. The number of amides is 1. The zero-order valence-electron chi connectivity index (χ0n) is 14.2. The Balaban J connectivity index is 1.45. The van der Waals surface area contributed by atoms with Crippen LogP contribution in [0.5, 0.6) is 0 Å². The van der Waals surface area contributed by atoms with Crippen LogP contribution in [0.2, 0.25) is 0 Å². The van der Waals surface area contributed by atoms with Crippen molar-refractivity contribution < 1.29 is 14.6 Å². The summed E-state index contributed by atoms with van der Waals surface area (Å²) in [6, 6.07) is 16.6. The Morgan fingerprint density at radius 2 is 1.68 bits per heavy atom. The van der Waals surface area contributed by atoms with Gasteiger partial charge >= 0.3 is 6.09 Å². The Labute approximate surface area is 147 Å². The monoisotopic (exact) mass is 337 g/mol. The first-order chi connectivity index (χ1) is 12.3. The number of benzene rings is 2. The Kier molecular flexibility index (Phi) is 4.45. The van der Waals surface area contributed by atoms with Crippen molar-refractivity contribution in [1.82, 2.24) is 5.32 Å². The molecule has 0 bridgehead atoms. The number of alkyl carbamates (subject to hydrolysis) is 1. The van der Waals surface area contributed by atoms with Gasteiger partial charge < -0.3 is 15.2 Å². The second-order valence-electron chi connectivity index (χ2n) is 6.95. The highest BCUT2D eigenvalue weighted by Crippen LogP contribution is 2.44. The molecule has 2 aliphatic carbocycles. The van der Waals surface area contributed by atoms with Gasteiger partial charge in [0, 0.05) is 24.5 Å². The molecule has 1 saturated carbocycles. The number of carbonyl (C=O) groups excluding carboxylic acids is 1. The topological polar surface area (TPSA) is 58.6 Å². The van der Waals surface area contributed by atoms with Crippen molar-refractivity contribution in [2.75, 3.05) is 13.2 Å². The van der Waals surface area contributed by atoms with Gasteiger partial charge in [0.2, 0.25) is 0 Å². The van der Waals surface area contributed by atoms with Crippen LogP contribution in [-0.4, -0.2) is 30.5 Å². The maximum atomic E-state index is 12.2. The summed E-state index contributed by atoms with van der Waals surface area (Å²) >= 11 is 0. The maximum Gasteiger partial charge on any atom is 0.407 e. The number of ether oxygens (including phenoxy) is 1. The van der Waals surface area contributed by atoms with Crippen molar-refractivity contribution in [1.29, 1.82) is 0 Å². The molecule has 0 aliphatic heterocycles. The summed E-state index contributed by atoms with van der Waals surface area (Å²) < 4.78 is 5.56. The van der Waals surface area contributed by atoms with Crippen LogP contribution in [0, 0.1) is 5.92 Å². The maximum absolute atomic E-state index is 12.2.